The molecule has 2 aliphatic heterocycles. The van der Waals surface area contributed by atoms with Crippen molar-refractivity contribution in [1.29, 1.82) is 0 Å². The third kappa shape index (κ3) is 4.43. The molecule has 4 heterocycles. The number of rotatable bonds is 7. The summed E-state index contributed by atoms with van der Waals surface area (Å²) in [5, 5.41) is 4.09. The zero-order chi connectivity index (χ0) is 22.8. The average molecular weight is 450 g/mol. The topological polar surface area (TPSA) is 53.9 Å². The SMILES string of the molecule is CCO/N=C(\c1ccc(F)c(F)c1)c1ccc(CN2CC3(C2)CN(c2ccncc2)C3)cn1. The Morgan fingerprint density at radius 3 is 2.48 bits per heavy atom. The van der Waals surface area contributed by atoms with Crippen LogP contribution in [0.4, 0.5) is 14.5 Å². The number of oxime groups is 1. The monoisotopic (exact) mass is 449 g/mol. The average Bonchev–Trinajstić information content (AvgIpc) is 2.78. The fraction of sp³-hybridized carbons (Fsp3) is 0.320. The number of pyridine rings is 2. The number of hydrogen-bond donors (Lipinski definition) is 0. The van der Waals surface area contributed by atoms with Gasteiger partial charge in [0.1, 0.15) is 12.3 Å². The van der Waals surface area contributed by atoms with Gasteiger partial charge in [0.05, 0.1) is 5.69 Å². The van der Waals surface area contributed by atoms with E-state index in [4.69, 9.17) is 4.84 Å². The molecule has 2 aromatic heterocycles. The number of likely N-dealkylation sites (tertiary alicyclic amines) is 1. The first-order valence-corrected chi connectivity index (χ1v) is 11.0. The molecule has 0 unspecified atom stereocenters. The van der Waals surface area contributed by atoms with Crippen LogP contribution in [0.15, 0.2) is 66.2 Å². The van der Waals surface area contributed by atoms with E-state index < -0.39 is 11.6 Å². The summed E-state index contributed by atoms with van der Waals surface area (Å²) < 4.78 is 27.1. The highest BCUT2D eigenvalue weighted by atomic mass is 19.2. The van der Waals surface area contributed by atoms with Crippen LogP contribution >= 0.6 is 0 Å². The van der Waals surface area contributed by atoms with Crippen molar-refractivity contribution < 1.29 is 13.6 Å². The van der Waals surface area contributed by atoms with Crippen LogP contribution in [-0.4, -0.2) is 53.4 Å². The van der Waals surface area contributed by atoms with Crippen LogP contribution in [0.5, 0.6) is 0 Å². The fourth-order valence-electron chi connectivity index (χ4n) is 4.65. The van der Waals surface area contributed by atoms with Gasteiger partial charge in [0.15, 0.2) is 11.6 Å². The second-order valence-corrected chi connectivity index (χ2v) is 8.74. The number of hydrogen-bond acceptors (Lipinski definition) is 6. The molecule has 3 aromatic rings. The van der Waals surface area contributed by atoms with Crippen LogP contribution in [0.3, 0.4) is 0 Å². The zero-order valence-corrected chi connectivity index (χ0v) is 18.4. The smallest absolute Gasteiger partial charge is 0.159 e. The maximum absolute atomic E-state index is 13.7. The molecular weight excluding hydrogens is 424 g/mol. The van der Waals surface area contributed by atoms with E-state index in [0.29, 0.717) is 29.0 Å². The van der Waals surface area contributed by atoms with Crippen molar-refractivity contribution in [2.24, 2.45) is 10.6 Å². The van der Waals surface area contributed by atoms with Crippen LogP contribution in [-0.2, 0) is 11.4 Å². The van der Waals surface area contributed by atoms with E-state index >= 15 is 0 Å². The van der Waals surface area contributed by atoms with E-state index in [2.05, 4.69) is 37.1 Å². The highest BCUT2D eigenvalue weighted by Gasteiger charge is 2.51. The lowest BCUT2D eigenvalue weighted by Crippen LogP contribution is -2.71. The molecule has 0 N–H and O–H groups in total. The van der Waals surface area contributed by atoms with E-state index in [1.165, 1.54) is 11.8 Å². The zero-order valence-electron chi connectivity index (χ0n) is 18.4. The summed E-state index contributed by atoms with van der Waals surface area (Å²) in [4.78, 5) is 18.6. The minimum atomic E-state index is -0.932. The molecule has 6 nitrogen and oxygen atoms in total. The molecule has 0 radical (unpaired) electrons. The van der Waals surface area contributed by atoms with Crippen molar-refractivity contribution in [3.8, 4) is 0 Å². The Labute approximate surface area is 191 Å². The number of nitrogens with zero attached hydrogens (tertiary/aromatic N) is 5. The molecule has 33 heavy (non-hydrogen) atoms. The normalized spacial score (nSPS) is 17.5. The first-order valence-electron chi connectivity index (χ1n) is 11.0. The Morgan fingerprint density at radius 1 is 1.03 bits per heavy atom. The largest absolute Gasteiger partial charge is 0.396 e. The third-order valence-corrected chi connectivity index (χ3v) is 6.15. The minimum absolute atomic E-state index is 0.362. The summed E-state index contributed by atoms with van der Waals surface area (Å²) in [5.41, 5.74) is 4.05. The highest BCUT2D eigenvalue weighted by molar-refractivity contribution is 6.11. The van der Waals surface area contributed by atoms with Gasteiger partial charge in [0.2, 0.25) is 0 Å². The number of benzene rings is 1. The molecule has 0 atom stereocenters. The lowest BCUT2D eigenvalue weighted by atomic mass is 9.72. The van der Waals surface area contributed by atoms with Gasteiger partial charge >= 0.3 is 0 Å². The van der Waals surface area contributed by atoms with Gasteiger partial charge in [0, 0.05) is 68.0 Å². The molecule has 1 aromatic carbocycles. The van der Waals surface area contributed by atoms with Crippen LogP contribution in [0, 0.1) is 17.0 Å². The van der Waals surface area contributed by atoms with Crippen LogP contribution in [0.25, 0.3) is 0 Å². The summed E-state index contributed by atoms with van der Waals surface area (Å²) in [5.74, 6) is -1.83. The van der Waals surface area contributed by atoms with Gasteiger partial charge in [-0.15, -0.1) is 0 Å². The molecule has 0 aliphatic carbocycles. The molecule has 2 saturated heterocycles. The van der Waals surface area contributed by atoms with Crippen molar-refractivity contribution >= 4 is 11.4 Å². The Morgan fingerprint density at radius 2 is 1.82 bits per heavy atom. The third-order valence-electron chi connectivity index (χ3n) is 6.15. The Kier molecular flexibility index (Phi) is 5.76. The molecule has 5 rings (SSSR count). The van der Waals surface area contributed by atoms with Gasteiger partial charge in [-0.25, -0.2) is 8.78 Å². The molecule has 2 aliphatic rings. The van der Waals surface area contributed by atoms with Gasteiger partial charge < -0.3 is 9.74 Å². The second kappa shape index (κ2) is 8.86. The summed E-state index contributed by atoms with van der Waals surface area (Å²) in [7, 11) is 0. The van der Waals surface area contributed by atoms with Crippen molar-refractivity contribution in [1.82, 2.24) is 14.9 Å². The molecular formula is C25H25F2N5O. The Balaban J connectivity index is 1.20. The van der Waals surface area contributed by atoms with E-state index in [9.17, 15) is 8.78 Å². The van der Waals surface area contributed by atoms with Crippen LogP contribution in [0.1, 0.15) is 23.7 Å². The molecule has 0 bridgehead atoms. The van der Waals surface area contributed by atoms with Gasteiger partial charge in [0.25, 0.3) is 0 Å². The minimum Gasteiger partial charge on any atom is -0.396 e. The first kappa shape index (κ1) is 21.5. The summed E-state index contributed by atoms with van der Waals surface area (Å²) >= 11 is 0. The van der Waals surface area contributed by atoms with E-state index in [0.717, 1.165) is 50.4 Å². The van der Waals surface area contributed by atoms with Crippen LogP contribution in [0.2, 0.25) is 0 Å². The van der Waals surface area contributed by atoms with Crippen molar-refractivity contribution in [3.05, 3.63) is 89.5 Å². The Hall–Kier alpha value is -3.39. The predicted molar refractivity (Wildman–Crippen MR) is 122 cm³/mol. The highest BCUT2D eigenvalue weighted by Crippen LogP contribution is 2.42. The molecule has 0 saturated carbocycles. The quantitative estimate of drug-likeness (QED) is 0.405. The summed E-state index contributed by atoms with van der Waals surface area (Å²) in [6, 6.07) is 11.6. The lowest BCUT2D eigenvalue weighted by Gasteiger charge is -2.61. The molecule has 170 valence electrons. The lowest BCUT2D eigenvalue weighted by molar-refractivity contribution is -0.0273. The predicted octanol–water partition coefficient (Wildman–Crippen LogP) is 3.87. The maximum Gasteiger partial charge on any atom is 0.159 e. The molecule has 8 heteroatoms. The van der Waals surface area contributed by atoms with E-state index in [1.54, 1.807) is 6.92 Å². The van der Waals surface area contributed by atoms with Crippen molar-refractivity contribution in [3.63, 3.8) is 0 Å². The van der Waals surface area contributed by atoms with E-state index in [-0.39, 0.29) is 0 Å². The number of halogens is 2. The van der Waals surface area contributed by atoms with Gasteiger partial charge in [-0.2, -0.15) is 0 Å². The summed E-state index contributed by atoms with van der Waals surface area (Å²) in [6.45, 7) is 7.30. The standard InChI is InChI=1S/C25H25F2N5O/c1-2-33-30-24(19-4-5-21(26)22(27)11-19)23-6-3-18(12-29-23)13-31-14-25(15-31)16-32(17-25)20-7-9-28-10-8-20/h3-12H,2,13-17H2,1H3/b30-24+. The van der Waals surface area contributed by atoms with E-state index in [1.807, 2.05) is 30.7 Å². The molecule has 2 fully saturated rings. The van der Waals surface area contributed by atoms with Gasteiger partial charge in [-0.1, -0.05) is 11.2 Å². The number of anilines is 1. The van der Waals surface area contributed by atoms with Crippen LogP contribution < -0.4 is 4.90 Å². The van der Waals surface area contributed by atoms with Crippen molar-refractivity contribution in [2.45, 2.75) is 13.5 Å². The van der Waals surface area contributed by atoms with Crippen molar-refractivity contribution in [2.75, 3.05) is 37.7 Å². The second-order valence-electron chi connectivity index (χ2n) is 8.74. The molecule has 0 amide bonds. The summed E-state index contributed by atoms with van der Waals surface area (Å²) in [6.07, 6.45) is 5.48. The fourth-order valence-corrected chi connectivity index (χ4v) is 4.65. The number of aromatic nitrogens is 2. The molecule has 1 spiro atoms. The van der Waals surface area contributed by atoms with Gasteiger partial charge in [-0.3, -0.25) is 14.9 Å². The Bertz CT molecular complexity index is 1140. The van der Waals surface area contributed by atoms with Gasteiger partial charge in [-0.05, 0) is 48.9 Å². The maximum atomic E-state index is 13.7. The first-order chi connectivity index (χ1) is 16.0.